The molecule has 66 heavy (non-hydrogen) atoms. The van der Waals surface area contributed by atoms with Crippen molar-refractivity contribution in [3.8, 4) is 44.5 Å². The lowest BCUT2D eigenvalue weighted by Gasteiger charge is -2.28. The zero-order valence-corrected chi connectivity index (χ0v) is 36.0. The second kappa shape index (κ2) is 15.5. The summed E-state index contributed by atoms with van der Waals surface area (Å²) in [6.07, 6.45) is 0. The van der Waals surface area contributed by atoms with Crippen LogP contribution in [0.3, 0.4) is 0 Å². The maximum Gasteiger partial charge on any atom is 0.143 e. The van der Waals surface area contributed by atoms with Crippen LogP contribution in [0, 0.1) is 0 Å². The maximum atomic E-state index is 6.69. The molecular weight excluding hydrogens is 799 g/mol. The van der Waals surface area contributed by atoms with Gasteiger partial charge in [0.2, 0.25) is 0 Å². The van der Waals surface area contributed by atoms with E-state index < -0.39 is 0 Å². The molecule has 1 aromatic heterocycles. The molecule has 2 nitrogen and oxygen atoms in total. The quantitative estimate of drug-likeness (QED) is 0.149. The molecule has 12 aromatic carbocycles. The second-order valence-corrected chi connectivity index (χ2v) is 17.3. The van der Waals surface area contributed by atoms with Gasteiger partial charge in [-0.3, -0.25) is 0 Å². The number of fused-ring (bicyclic) bond motifs is 9. The molecule has 0 spiro atoms. The molecule has 0 saturated heterocycles. The largest absolute Gasteiger partial charge is 0.455 e. The molecule has 0 aliphatic heterocycles. The van der Waals surface area contributed by atoms with Crippen LogP contribution in [0.5, 0.6) is 0 Å². The number of furan rings is 1. The minimum absolute atomic E-state index is 0.879. The number of rotatable bonds is 7. The Hall–Kier alpha value is -8.72. The SMILES string of the molecule is c1ccc(N(c2ccc(-c3ccc(-c4ccc5ccccc5c4)cc3)cc2)c2ccc(-c3ccc4c(ccc5ccccc54)c3)cc2)c(-c2cccc3oc4c5ccccc5ccc4c23)c1. The van der Waals surface area contributed by atoms with Crippen molar-refractivity contribution in [3.63, 3.8) is 0 Å². The fraction of sp³-hybridized carbons (Fsp3) is 0. The summed E-state index contributed by atoms with van der Waals surface area (Å²) >= 11 is 0. The molecule has 308 valence electrons. The van der Waals surface area contributed by atoms with E-state index in [1.165, 1.54) is 71.1 Å². The molecule has 0 amide bonds. The number of anilines is 3. The van der Waals surface area contributed by atoms with E-state index in [-0.39, 0.29) is 0 Å². The van der Waals surface area contributed by atoms with Crippen molar-refractivity contribution in [1.29, 1.82) is 0 Å². The van der Waals surface area contributed by atoms with E-state index in [1.807, 2.05) is 0 Å². The van der Waals surface area contributed by atoms with Crippen molar-refractivity contribution in [2.45, 2.75) is 0 Å². The van der Waals surface area contributed by atoms with Gasteiger partial charge in [0.05, 0.1) is 5.69 Å². The lowest BCUT2D eigenvalue weighted by atomic mass is 9.95. The number of para-hydroxylation sites is 1. The third-order valence-electron chi connectivity index (χ3n) is 13.5. The van der Waals surface area contributed by atoms with E-state index in [9.17, 15) is 0 Å². The summed E-state index contributed by atoms with van der Waals surface area (Å²) in [4.78, 5) is 2.40. The van der Waals surface area contributed by atoms with Crippen LogP contribution in [0.25, 0.3) is 110 Å². The van der Waals surface area contributed by atoms with Crippen LogP contribution in [-0.4, -0.2) is 0 Å². The Balaban J connectivity index is 0.915. The average molecular weight is 840 g/mol. The zero-order chi connectivity index (χ0) is 43.6. The van der Waals surface area contributed by atoms with Gasteiger partial charge in [0, 0.05) is 33.1 Å². The molecule has 0 bridgehead atoms. The first-order valence-electron chi connectivity index (χ1n) is 22.6. The van der Waals surface area contributed by atoms with Crippen molar-refractivity contribution in [1.82, 2.24) is 0 Å². The summed E-state index contributed by atoms with van der Waals surface area (Å²) in [5.41, 5.74) is 14.4. The van der Waals surface area contributed by atoms with Gasteiger partial charge >= 0.3 is 0 Å². The van der Waals surface area contributed by atoms with Gasteiger partial charge < -0.3 is 9.32 Å². The van der Waals surface area contributed by atoms with Gasteiger partial charge in [-0.05, 0) is 131 Å². The number of nitrogens with zero attached hydrogens (tertiary/aromatic N) is 1. The number of hydrogen-bond donors (Lipinski definition) is 0. The van der Waals surface area contributed by atoms with Crippen LogP contribution < -0.4 is 4.90 Å². The summed E-state index contributed by atoms with van der Waals surface area (Å²) in [6, 6.07) is 90.3. The predicted octanol–water partition coefficient (Wildman–Crippen LogP) is 18.3. The van der Waals surface area contributed by atoms with Gasteiger partial charge in [-0.2, -0.15) is 0 Å². The van der Waals surface area contributed by atoms with Gasteiger partial charge in [-0.25, -0.2) is 0 Å². The summed E-state index contributed by atoms with van der Waals surface area (Å²) in [5, 5.41) is 12.1. The molecule has 13 aromatic rings. The topological polar surface area (TPSA) is 16.4 Å². The molecule has 0 aliphatic rings. The van der Waals surface area contributed by atoms with E-state index in [0.29, 0.717) is 0 Å². The van der Waals surface area contributed by atoms with Crippen LogP contribution in [-0.2, 0) is 0 Å². The van der Waals surface area contributed by atoms with Gasteiger partial charge in [0.25, 0.3) is 0 Å². The molecule has 0 aliphatic carbocycles. The van der Waals surface area contributed by atoms with Crippen molar-refractivity contribution < 1.29 is 4.42 Å². The Morgan fingerprint density at radius 2 is 0.727 bits per heavy atom. The first-order valence-corrected chi connectivity index (χ1v) is 22.6. The highest BCUT2D eigenvalue weighted by Crippen LogP contribution is 2.46. The Kier molecular flexibility index (Phi) is 8.89. The van der Waals surface area contributed by atoms with Crippen LogP contribution in [0.15, 0.2) is 253 Å². The van der Waals surface area contributed by atoms with Crippen LogP contribution in [0.2, 0.25) is 0 Å². The van der Waals surface area contributed by atoms with E-state index in [2.05, 4.69) is 254 Å². The summed E-state index contributed by atoms with van der Waals surface area (Å²) in [5.74, 6) is 0. The molecule has 0 unspecified atom stereocenters. The van der Waals surface area contributed by atoms with Gasteiger partial charge in [0.1, 0.15) is 11.2 Å². The molecule has 0 fully saturated rings. The average Bonchev–Trinajstić information content (AvgIpc) is 3.79. The number of benzene rings is 12. The fourth-order valence-electron chi connectivity index (χ4n) is 10.1. The minimum atomic E-state index is 0.879. The third-order valence-corrected chi connectivity index (χ3v) is 13.5. The summed E-state index contributed by atoms with van der Waals surface area (Å²) < 4.78 is 6.69. The lowest BCUT2D eigenvalue weighted by molar-refractivity contribution is 0.673. The van der Waals surface area contributed by atoms with Crippen LogP contribution >= 0.6 is 0 Å². The Labute approximate surface area is 382 Å². The van der Waals surface area contributed by atoms with E-state index >= 15 is 0 Å². The van der Waals surface area contributed by atoms with Crippen LogP contribution in [0.1, 0.15) is 0 Å². The molecule has 13 rings (SSSR count). The van der Waals surface area contributed by atoms with Crippen molar-refractivity contribution >= 4 is 82.1 Å². The Morgan fingerprint density at radius 3 is 1.45 bits per heavy atom. The molecule has 1 heterocycles. The summed E-state index contributed by atoms with van der Waals surface area (Å²) in [6.45, 7) is 0. The lowest BCUT2D eigenvalue weighted by Crippen LogP contribution is -2.11. The molecule has 0 N–H and O–H groups in total. The standard InChI is InChI=1S/C64H41NO/c1-2-13-49-40-50(26-24-42(49)10-1)45-22-20-43(21-23-45)44-28-34-53(35-29-44)65(54-36-30-46(31-37-54)51-33-38-56-52(41-51)27-25-47-11-3-5-14-55(47)56)61-18-8-7-16-58(61)59-17-9-19-62-63(59)60-39-32-48-12-4-6-15-57(48)64(60)66-62/h1-41H. The monoisotopic (exact) mass is 839 g/mol. The van der Waals surface area contributed by atoms with Gasteiger partial charge in [-0.15, -0.1) is 0 Å². The van der Waals surface area contributed by atoms with E-state index in [1.54, 1.807) is 0 Å². The highest BCUT2D eigenvalue weighted by Gasteiger charge is 2.21. The van der Waals surface area contributed by atoms with Gasteiger partial charge in [0.15, 0.2) is 0 Å². The highest BCUT2D eigenvalue weighted by molar-refractivity contribution is 6.20. The van der Waals surface area contributed by atoms with E-state index in [4.69, 9.17) is 4.42 Å². The molecule has 0 radical (unpaired) electrons. The van der Waals surface area contributed by atoms with Gasteiger partial charge in [-0.1, -0.05) is 194 Å². The normalized spacial score (nSPS) is 11.6. The molecule has 2 heteroatoms. The van der Waals surface area contributed by atoms with Crippen molar-refractivity contribution in [2.75, 3.05) is 4.90 Å². The molecule has 0 saturated carbocycles. The number of hydrogen-bond acceptors (Lipinski definition) is 2. The van der Waals surface area contributed by atoms with Crippen molar-refractivity contribution in [3.05, 3.63) is 249 Å². The molecular formula is C64H41NO. The fourth-order valence-corrected chi connectivity index (χ4v) is 10.1. The Morgan fingerprint density at radius 1 is 0.273 bits per heavy atom. The third kappa shape index (κ3) is 6.42. The van der Waals surface area contributed by atoms with Crippen LogP contribution in [0.4, 0.5) is 17.1 Å². The van der Waals surface area contributed by atoms with Crippen molar-refractivity contribution in [2.24, 2.45) is 0 Å². The molecule has 0 atom stereocenters. The maximum absolute atomic E-state index is 6.69. The predicted molar refractivity (Wildman–Crippen MR) is 280 cm³/mol. The Bertz CT molecular complexity index is 3970. The smallest absolute Gasteiger partial charge is 0.143 e. The zero-order valence-electron chi connectivity index (χ0n) is 36.0. The summed E-state index contributed by atoms with van der Waals surface area (Å²) in [7, 11) is 0. The second-order valence-electron chi connectivity index (χ2n) is 17.3. The first-order chi connectivity index (χ1) is 32.7. The van der Waals surface area contributed by atoms with E-state index in [0.717, 1.165) is 55.5 Å². The minimum Gasteiger partial charge on any atom is -0.455 e. The highest BCUT2D eigenvalue weighted by atomic mass is 16.3. The first kappa shape index (κ1) is 37.8.